The number of carbonyl (C=O) groups excluding carboxylic acids is 1. The molecule has 1 heterocycles. The van der Waals surface area contributed by atoms with E-state index >= 15 is 0 Å². The third kappa shape index (κ3) is 4.78. The van der Waals surface area contributed by atoms with Gasteiger partial charge in [0.15, 0.2) is 6.29 Å². The van der Waals surface area contributed by atoms with Gasteiger partial charge in [0.1, 0.15) is 11.5 Å². The van der Waals surface area contributed by atoms with E-state index in [0.717, 1.165) is 11.1 Å². The summed E-state index contributed by atoms with van der Waals surface area (Å²) in [5.41, 5.74) is 2.36. The van der Waals surface area contributed by atoms with E-state index in [2.05, 4.69) is 5.32 Å². The van der Waals surface area contributed by atoms with Gasteiger partial charge >= 0.3 is 16.2 Å². The highest BCUT2D eigenvalue weighted by Gasteiger charge is 2.27. The Morgan fingerprint density at radius 3 is 2.61 bits per heavy atom. The summed E-state index contributed by atoms with van der Waals surface area (Å²) < 4.78 is 40.9. The molecular formula is C20H21NO6S. The molecule has 1 amide bonds. The minimum Gasteiger partial charge on any atom is -0.444 e. The number of amides is 1. The monoisotopic (exact) mass is 403 g/mol. The molecule has 1 atom stereocenters. The zero-order valence-corrected chi connectivity index (χ0v) is 16.4. The second kappa shape index (κ2) is 8.55. The average molecular weight is 403 g/mol. The molecule has 0 spiro atoms. The van der Waals surface area contributed by atoms with E-state index in [1.54, 1.807) is 19.1 Å². The molecule has 0 radical (unpaired) electrons. The minimum absolute atomic E-state index is 0.0663. The number of nitrogens with one attached hydrogen (secondary N) is 1. The molecule has 0 fully saturated rings. The lowest BCUT2D eigenvalue weighted by Crippen LogP contribution is -2.21. The fourth-order valence-electron chi connectivity index (χ4n) is 2.63. The molecule has 148 valence electrons. The Morgan fingerprint density at radius 1 is 1.18 bits per heavy atom. The van der Waals surface area contributed by atoms with Gasteiger partial charge in [-0.2, -0.15) is 8.42 Å². The zero-order valence-electron chi connectivity index (χ0n) is 15.5. The Kier molecular flexibility index (Phi) is 6.13. The largest absolute Gasteiger partial charge is 0.444 e. The first-order valence-electron chi connectivity index (χ1n) is 8.66. The topological polar surface area (TPSA) is 90.9 Å². The number of rotatable bonds is 6. The molecule has 0 aliphatic carbocycles. The third-order valence-corrected chi connectivity index (χ3v) is 5.60. The summed E-state index contributed by atoms with van der Waals surface area (Å²) in [5.74, 6) is 0. The van der Waals surface area contributed by atoms with Gasteiger partial charge < -0.3 is 9.47 Å². The molecule has 8 heteroatoms. The smallest absolute Gasteiger partial charge is 0.412 e. The first-order valence-corrected chi connectivity index (χ1v) is 10.1. The summed E-state index contributed by atoms with van der Waals surface area (Å²) in [5, 5.41) is 2.54. The molecule has 1 aliphatic heterocycles. The van der Waals surface area contributed by atoms with E-state index in [1.165, 1.54) is 12.1 Å². The van der Waals surface area contributed by atoms with E-state index in [4.69, 9.17) is 13.7 Å². The molecule has 2 aromatic rings. The molecule has 28 heavy (non-hydrogen) atoms. The van der Waals surface area contributed by atoms with Crippen LogP contribution < -0.4 is 5.32 Å². The molecular weight excluding hydrogens is 382 g/mol. The summed E-state index contributed by atoms with van der Waals surface area (Å²) in [7, 11) is -4.17. The van der Waals surface area contributed by atoms with Crippen LogP contribution in [0.3, 0.4) is 0 Å². The summed E-state index contributed by atoms with van der Waals surface area (Å²) in [6, 6.07) is 12.2. The van der Waals surface area contributed by atoms with Crippen molar-refractivity contribution >= 4 is 21.9 Å². The van der Waals surface area contributed by atoms with Crippen LogP contribution in [0.4, 0.5) is 10.5 Å². The van der Waals surface area contributed by atoms with Crippen LogP contribution in [-0.2, 0) is 30.4 Å². The highest BCUT2D eigenvalue weighted by atomic mass is 32.2. The molecule has 0 unspecified atom stereocenters. The summed E-state index contributed by atoms with van der Waals surface area (Å²) in [6.07, 6.45) is 1.44. The molecule has 2 aromatic carbocycles. The Morgan fingerprint density at radius 2 is 1.93 bits per heavy atom. The highest BCUT2D eigenvalue weighted by molar-refractivity contribution is 7.87. The SMILES string of the molecule is Cc1ccc(S(=O)(=O)O[C@H]2C=CCO2)c(NC(=O)OCc2ccccc2)c1C. The number of anilines is 1. The van der Waals surface area contributed by atoms with Crippen molar-refractivity contribution in [3.8, 4) is 0 Å². The van der Waals surface area contributed by atoms with E-state index in [-0.39, 0.29) is 23.8 Å². The molecule has 1 aliphatic rings. The second-order valence-electron chi connectivity index (χ2n) is 6.25. The van der Waals surface area contributed by atoms with Gasteiger partial charge in [-0.25, -0.2) is 8.98 Å². The lowest BCUT2D eigenvalue weighted by atomic mass is 10.1. The van der Waals surface area contributed by atoms with Crippen molar-refractivity contribution in [1.29, 1.82) is 0 Å². The Hall–Kier alpha value is -2.68. The van der Waals surface area contributed by atoms with Crippen molar-refractivity contribution in [2.75, 3.05) is 11.9 Å². The van der Waals surface area contributed by atoms with Crippen molar-refractivity contribution in [3.05, 3.63) is 71.3 Å². The van der Waals surface area contributed by atoms with Crippen molar-refractivity contribution < 1.29 is 26.9 Å². The average Bonchev–Trinajstić information content (AvgIpc) is 3.17. The van der Waals surface area contributed by atoms with Crippen LogP contribution in [-0.4, -0.2) is 27.4 Å². The van der Waals surface area contributed by atoms with Crippen molar-refractivity contribution in [2.45, 2.75) is 31.6 Å². The van der Waals surface area contributed by atoms with Crippen LogP contribution in [0.5, 0.6) is 0 Å². The van der Waals surface area contributed by atoms with Gasteiger partial charge in [0.25, 0.3) is 0 Å². The predicted octanol–water partition coefficient (Wildman–Crippen LogP) is 3.67. The van der Waals surface area contributed by atoms with Crippen LogP contribution in [0.15, 0.2) is 59.5 Å². The van der Waals surface area contributed by atoms with Crippen molar-refractivity contribution in [3.63, 3.8) is 0 Å². The van der Waals surface area contributed by atoms with E-state index in [0.29, 0.717) is 5.56 Å². The number of hydrogen-bond acceptors (Lipinski definition) is 6. The lowest BCUT2D eigenvalue weighted by molar-refractivity contribution is -0.0144. The van der Waals surface area contributed by atoms with Gasteiger partial charge in [0, 0.05) is 0 Å². The zero-order chi connectivity index (χ0) is 20.1. The van der Waals surface area contributed by atoms with Gasteiger partial charge in [-0.05, 0) is 42.7 Å². The van der Waals surface area contributed by atoms with Crippen molar-refractivity contribution in [1.82, 2.24) is 0 Å². The number of hydrogen-bond donors (Lipinski definition) is 1. The Bertz CT molecular complexity index is 985. The summed E-state index contributed by atoms with van der Waals surface area (Å²) in [6.45, 7) is 3.88. The summed E-state index contributed by atoms with van der Waals surface area (Å²) >= 11 is 0. The number of benzene rings is 2. The van der Waals surface area contributed by atoms with Crippen LogP contribution in [0.1, 0.15) is 16.7 Å². The molecule has 0 aromatic heterocycles. The van der Waals surface area contributed by atoms with Gasteiger partial charge in [-0.3, -0.25) is 5.32 Å². The first kappa shape index (κ1) is 20.1. The van der Waals surface area contributed by atoms with E-state index in [1.807, 2.05) is 37.3 Å². The fraction of sp³-hybridized carbons (Fsp3) is 0.250. The van der Waals surface area contributed by atoms with Gasteiger partial charge in [0.05, 0.1) is 12.3 Å². The maximum atomic E-state index is 12.7. The fourth-order valence-corrected chi connectivity index (χ4v) is 3.79. The van der Waals surface area contributed by atoms with Crippen LogP contribution in [0, 0.1) is 13.8 Å². The van der Waals surface area contributed by atoms with E-state index < -0.39 is 22.5 Å². The maximum Gasteiger partial charge on any atom is 0.412 e. The third-order valence-electron chi connectivity index (χ3n) is 4.28. The number of aryl methyl sites for hydroxylation is 1. The molecule has 1 N–H and O–H groups in total. The predicted molar refractivity (Wildman–Crippen MR) is 103 cm³/mol. The van der Waals surface area contributed by atoms with E-state index in [9.17, 15) is 13.2 Å². The molecule has 0 bridgehead atoms. The van der Waals surface area contributed by atoms with Crippen LogP contribution in [0.2, 0.25) is 0 Å². The number of carbonyl (C=O) groups is 1. The molecule has 0 saturated carbocycles. The normalized spacial score (nSPS) is 16.1. The van der Waals surface area contributed by atoms with Crippen LogP contribution in [0.25, 0.3) is 0 Å². The molecule has 3 rings (SSSR count). The van der Waals surface area contributed by atoms with Gasteiger partial charge in [0.2, 0.25) is 0 Å². The van der Waals surface area contributed by atoms with Crippen molar-refractivity contribution in [2.24, 2.45) is 0 Å². The highest BCUT2D eigenvalue weighted by Crippen LogP contribution is 2.30. The maximum absolute atomic E-state index is 12.7. The second-order valence-corrected chi connectivity index (χ2v) is 7.79. The first-order chi connectivity index (χ1) is 13.4. The Labute approximate surface area is 164 Å². The molecule has 7 nitrogen and oxygen atoms in total. The Balaban J connectivity index is 1.80. The quantitative estimate of drug-likeness (QED) is 0.585. The summed E-state index contributed by atoms with van der Waals surface area (Å²) in [4.78, 5) is 12.1. The van der Waals surface area contributed by atoms with Gasteiger partial charge in [-0.15, -0.1) is 0 Å². The van der Waals surface area contributed by atoms with Gasteiger partial charge in [-0.1, -0.05) is 42.5 Å². The standard InChI is InChI=1S/C20H21NO6S/c1-14-10-11-17(28(23,24)27-18-9-6-12-25-18)19(15(14)2)21-20(22)26-13-16-7-4-3-5-8-16/h3-11,18H,12-13H2,1-2H3,(H,21,22)/t18-/m0/s1. The number of ether oxygens (including phenoxy) is 2. The minimum atomic E-state index is -4.17. The molecule has 0 saturated heterocycles. The van der Waals surface area contributed by atoms with Crippen LogP contribution >= 0.6 is 0 Å². The lowest BCUT2D eigenvalue weighted by Gasteiger charge is -2.17.